The highest BCUT2D eigenvalue weighted by molar-refractivity contribution is 7.85. The lowest BCUT2D eigenvalue weighted by Gasteiger charge is -2.12. The number of carbonyl (C=O) groups is 1. The van der Waals surface area contributed by atoms with Gasteiger partial charge in [0.15, 0.2) is 11.5 Å². The van der Waals surface area contributed by atoms with Gasteiger partial charge in [-0.15, -0.1) is 0 Å². The highest BCUT2D eigenvalue weighted by Crippen LogP contribution is 2.30. The number of carboxylic acid groups (broad SMARTS) is 1. The standard InChI is InChI=1S/C11H15NO5S/c1-7(11(13)14)18(15)6-8-10(17-3)9(16-2)4-5-12-8/h4-5,7H,6H2,1-3H3,(H,13,14). The highest BCUT2D eigenvalue weighted by atomic mass is 32.2. The smallest absolute Gasteiger partial charge is 0.318 e. The van der Waals surface area contributed by atoms with Crippen LogP contribution < -0.4 is 9.47 Å². The fourth-order valence-corrected chi connectivity index (χ4v) is 2.28. The number of aromatic nitrogens is 1. The van der Waals surface area contributed by atoms with Crippen molar-refractivity contribution in [3.8, 4) is 11.5 Å². The summed E-state index contributed by atoms with van der Waals surface area (Å²) in [6.45, 7) is 1.39. The van der Waals surface area contributed by atoms with Gasteiger partial charge in [0.25, 0.3) is 0 Å². The van der Waals surface area contributed by atoms with E-state index in [1.807, 2.05) is 0 Å². The molecule has 2 atom stereocenters. The molecule has 0 fully saturated rings. The molecule has 0 bridgehead atoms. The first-order chi connectivity index (χ1) is 8.51. The Morgan fingerprint density at radius 3 is 2.67 bits per heavy atom. The van der Waals surface area contributed by atoms with Crippen LogP contribution in [-0.2, 0) is 21.3 Å². The summed E-state index contributed by atoms with van der Waals surface area (Å²) in [5.74, 6) is -0.239. The Kier molecular flexibility index (Phi) is 5.08. The van der Waals surface area contributed by atoms with Gasteiger partial charge in [0.1, 0.15) is 5.25 Å². The van der Waals surface area contributed by atoms with Crippen molar-refractivity contribution in [3.05, 3.63) is 18.0 Å². The Bertz CT molecular complexity index is 463. The molecule has 0 spiro atoms. The van der Waals surface area contributed by atoms with Crippen LogP contribution in [0, 0.1) is 0 Å². The molecule has 7 heteroatoms. The Balaban J connectivity index is 2.97. The van der Waals surface area contributed by atoms with Gasteiger partial charge in [0, 0.05) is 23.1 Å². The zero-order chi connectivity index (χ0) is 13.7. The summed E-state index contributed by atoms with van der Waals surface area (Å²) in [5, 5.41) is 7.83. The van der Waals surface area contributed by atoms with Gasteiger partial charge in [0.2, 0.25) is 0 Å². The monoisotopic (exact) mass is 273 g/mol. The molecule has 0 radical (unpaired) electrons. The van der Waals surface area contributed by atoms with E-state index in [1.54, 1.807) is 6.07 Å². The summed E-state index contributed by atoms with van der Waals surface area (Å²) in [7, 11) is 1.37. The molecule has 0 saturated heterocycles. The average Bonchev–Trinajstić information content (AvgIpc) is 2.37. The lowest BCUT2D eigenvalue weighted by molar-refractivity contribution is -0.136. The molecular weight excluding hydrogens is 258 g/mol. The SMILES string of the molecule is COc1ccnc(CS(=O)C(C)C(=O)O)c1OC. The Labute approximate surface area is 107 Å². The number of aliphatic carboxylic acids is 1. The maximum absolute atomic E-state index is 11.8. The van der Waals surface area contributed by atoms with Gasteiger partial charge in [-0.2, -0.15) is 0 Å². The van der Waals surface area contributed by atoms with Crippen LogP contribution in [-0.4, -0.2) is 39.7 Å². The van der Waals surface area contributed by atoms with Crippen LogP contribution in [0.5, 0.6) is 11.5 Å². The molecule has 1 heterocycles. The molecule has 1 aromatic heterocycles. The highest BCUT2D eigenvalue weighted by Gasteiger charge is 2.22. The minimum absolute atomic E-state index is 0.00778. The maximum atomic E-state index is 11.8. The number of ether oxygens (including phenoxy) is 2. The van der Waals surface area contributed by atoms with Gasteiger partial charge >= 0.3 is 5.97 Å². The van der Waals surface area contributed by atoms with Gasteiger partial charge in [-0.3, -0.25) is 14.0 Å². The number of methoxy groups -OCH3 is 2. The fourth-order valence-electron chi connectivity index (χ4n) is 1.33. The molecule has 0 aliphatic rings. The van der Waals surface area contributed by atoms with E-state index in [4.69, 9.17) is 14.6 Å². The van der Waals surface area contributed by atoms with Crippen molar-refractivity contribution in [2.24, 2.45) is 0 Å². The molecule has 0 aliphatic carbocycles. The molecule has 0 saturated carbocycles. The number of pyridine rings is 1. The van der Waals surface area contributed by atoms with Crippen LogP contribution in [0.3, 0.4) is 0 Å². The van der Waals surface area contributed by atoms with E-state index in [0.29, 0.717) is 17.2 Å². The van der Waals surface area contributed by atoms with Crippen molar-refractivity contribution in [2.75, 3.05) is 14.2 Å². The van der Waals surface area contributed by atoms with Crippen molar-refractivity contribution in [3.63, 3.8) is 0 Å². The zero-order valence-corrected chi connectivity index (χ0v) is 11.2. The van der Waals surface area contributed by atoms with E-state index in [2.05, 4.69) is 4.98 Å². The van der Waals surface area contributed by atoms with E-state index in [0.717, 1.165) is 0 Å². The van der Waals surface area contributed by atoms with Crippen molar-refractivity contribution < 1.29 is 23.6 Å². The molecule has 18 heavy (non-hydrogen) atoms. The van der Waals surface area contributed by atoms with E-state index < -0.39 is 22.0 Å². The topological polar surface area (TPSA) is 85.7 Å². The third kappa shape index (κ3) is 3.19. The third-order valence-electron chi connectivity index (χ3n) is 2.39. The predicted molar refractivity (Wildman–Crippen MR) is 66.3 cm³/mol. The molecule has 1 N–H and O–H groups in total. The molecule has 6 nitrogen and oxygen atoms in total. The molecule has 1 aromatic rings. The average molecular weight is 273 g/mol. The van der Waals surface area contributed by atoms with Gasteiger partial charge in [0.05, 0.1) is 25.7 Å². The summed E-state index contributed by atoms with van der Waals surface area (Å²) in [6, 6.07) is 1.62. The van der Waals surface area contributed by atoms with E-state index in [9.17, 15) is 9.00 Å². The molecule has 100 valence electrons. The fraction of sp³-hybridized carbons (Fsp3) is 0.455. The largest absolute Gasteiger partial charge is 0.493 e. The lowest BCUT2D eigenvalue weighted by Crippen LogP contribution is -2.23. The van der Waals surface area contributed by atoms with Crippen LogP contribution in [0.25, 0.3) is 0 Å². The molecular formula is C11H15NO5S. The molecule has 0 aliphatic heterocycles. The minimum atomic E-state index is -1.57. The minimum Gasteiger partial charge on any atom is -0.493 e. The second kappa shape index (κ2) is 6.34. The van der Waals surface area contributed by atoms with E-state index in [1.165, 1.54) is 27.3 Å². The number of nitrogens with zero attached hydrogens (tertiary/aromatic N) is 1. The van der Waals surface area contributed by atoms with Crippen LogP contribution in [0.15, 0.2) is 12.3 Å². The van der Waals surface area contributed by atoms with Crippen molar-refractivity contribution in [1.29, 1.82) is 0 Å². The second-order valence-corrected chi connectivity index (χ2v) is 5.26. The molecule has 0 aromatic carbocycles. The van der Waals surface area contributed by atoms with Gasteiger partial charge in [-0.05, 0) is 6.92 Å². The number of rotatable bonds is 6. The molecule has 2 unspecified atom stereocenters. The van der Waals surface area contributed by atoms with Crippen LogP contribution in [0.2, 0.25) is 0 Å². The number of hydrogen-bond acceptors (Lipinski definition) is 5. The molecule has 1 rings (SSSR count). The van der Waals surface area contributed by atoms with Gasteiger partial charge in [-0.25, -0.2) is 0 Å². The Morgan fingerprint density at radius 1 is 1.50 bits per heavy atom. The van der Waals surface area contributed by atoms with E-state index >= 15 is 0 Å². The third-order valence-corrected chi connectivity index (χ3v) is 3.94. The predicted octanol–water partition coefficient (Wildman–Crippen LogP) is 0.821. The second-order valence-electron chi connectivity index (χ2n) is 3.50. The Morgan fingerprint density at radius 2 is 2.17 bits per heavy atom. The lowest BCUT2D eigenvalue weighted by atomic mass is 10.3. The summed E-state index contributed by atoms with van der Waals surface area (Å²) < 4.78 is 22.0. The Hall–Kier alpha value is -1.63. The summed E-state index contributed by atoms with van der Waals surface area (Å²) in [6.07, 6.45) is 1.50. The van der Waals surface area contributed by atoms with Crippen molar-refractivity contribution in [1.82, 2.24) is 4.98 Å². The molecule has 0 amide bonds. The maximum Gasteiger partial charge on any atom is 0.318 e. The summed E-state index contributed by atoms with van der Waals surface area (Å²) >= 11 is 0. The number of hydrogen-bond donors (Lipinski definition) is 1. The first kappa shape index (κ1) is 14.4. The van der Waals surface area contributed by atoms with Crippen molar-refractivity contribution >= 4 is 16.8 Å². The van der Waals surface area contributed by atoms with E-state index in [-0.39, 0.29) is 5.75 Å². The van der Waals surface area contributed by atoms with Crippen LogP contribution in [0.1, 0.15) is 12.6 Å². The summed E-state index contributed by atoms with van der Waals surface area (Å²) in [5.41, 5.74) is 0.420. The summed E-state index contributed by atoms with van der Waals surface area (Å²) in [4.78, 5) is 14.8. The first-order valence-electron chi connectivity index (χ1n) is 5.17. The number of carboxylic acids is 1. The van der Waals surface area contributed by atoms with Crippen LogP contribution >= 0.6 is 0 Å². The normalized spacial score (nSPS) is 13.7. The van der Waals surface area contributed by atoms with Gasteiger partial charge < -0.3 is 14.6 Å². The van der Waals surface area contributed by atoms with Crippen LogP contribution in [0.4, 0.5) is 0 Å². The van der Waals surface area contributed by atoms with Crippen molar-refractivity contribution in [2.45, 2.75) is 17.9 Å². The zero-order valence-electron chi connectivity index (χ0n) is 10.4. The van der Waals surface area contributed by atoms with Gasteiger partial charge in [-0.1, -0.05) is 0 Å². The first-order valence-corrected chi connectivity index (χ1v) is 6.55. The quantitative estimate of drug-likeness (QED) is 0.826.